The lowest BCUT2D eigenvalue weighted by Gasteiger charge is -2.26. The van der Waals surface area contributed by atoms with Crippen molar-refractivity contribution in [1.82, 2.24) is 4.90 Å². The summed E-state index contributed by atoms with van der Waals surface area (Å²) in [6, 6.07) is 6.25. The highest BCUT2D eigenvalue weighted by Crippen LogP contribution is 2.14. The maximum Gasteiger partial charge on any atom is 0.253 e. The molecule has 0 spiro atoms. The summed E-state index contributed by atoms with van der Waals surface area (Å²) in [6.07, 6.45) is 0. The molecule has 100 valence electrons. The van der Waals surface area contributed by atoms with E-state index in [-0.39, 0.29) is 5.91 Å². The molecular formula is C15H25NOSi. The van der Waals surface area contributed by atoms with Crippen molar-refractivity contribution in [2.24, 2.45) is 0 Å². The van der Waals surface area contributed by atoms with Crippen LogP contribution in [0.3, 0.4) is 0 Å². The number of benzene rings is 1. The molecule has 0 radical (unpaired) electrons. The quantitative estimate of drug-likeness (QED) is 0.765. The van der Waals surface area contributed by atoms with Gasteiger partial charge in [0.15, 0.2) is 0 Å². The predicted octanol–water partition coefficient (Wildman–Crippen LogP) is 3.02. The Balaban J connectivity index is 3.35. The third-order valence-electron chi connectivity index (χ3n) is 3.35. The molecule has 1 aromatic carbocycles. The second-order valence-corrected chi connectivity index (χ2v) is 10.8. The van der Waals surface area contributed by atoms with Crippen LogP contribution in [0.25, 0.3) is 0 Å². The molecule has 0 aliphatic heterocycles. The first-order valence-corrected chi connectivity index (χ1v) is 10.2. The number of hydrogen-bond acceptors (Lipinski definition) is 1. The molecule has 2 nitrogen and oxygen atoms in total. The van der Waals surface area contributed by atoms with Crippen LogP contribution < -0.4 is 5.19 Å². The summed E-state index contributed by atoms with van der Waals surface area (Å²) in [6.45, 7) is 14.5. The lowest BCUT2D eigenvalue weighted by molar-refractivity contribution is 0.0773. The summed E-state index contributed by atoms with van der Waals surface area (Å²) in [5.41, 5.74) is 2.05. The van der Waals surface area contributed by atoms with Gasteiger partial charge in [-0.2, -0.15) is 0 Å². The molecule has 0 atom stereocenters. The average Bonchev–Trinajstić information content (AvgIpc) is 2.28. The normalized spacial score (nSPS) is 11.4. The molecule has 1 aromatic rings. The molecule has 18 heavy (non-hydrogen) atoms. The third-order valence-corrected chi connectivity index (χ3v) is 5.38. The fourth-order valence-electron chi connectivity index (χ4n) is 2.25. The van der Waals surface area contributed by atoms with Gasteiger partial charge in [0.05, 0.1) is 8.07 Å². The maximum absolute atomic E-state index is 12.6. The zero-order valence-electron chi connectivity index (χ0n) is 12.5. The zero-order valence-corrected chi connectivity index (χ0v) is 13.5. The van der Waals surface area contributed by atoms with E-state index in [1.54, 1.807) is 0 Å². The minimum absolute atomic E-state index is 0.190. The van der Waals surface area contributed by atoms with E-state index in [4.69, 9.17) is 0 Å². The van der Waals surface area contributed by atoms with Gasteiger partial charge in [-0.25, -0.2) is 0 Å². The SMILES string of the molecule is CCN(CC)C(=O)c1c(C)cccc1[Si](C)(C)C. The van der Waals surface area contributed by atoms with Gasteiger partial charge in [-0.1, -0.05) is 37.8 Å². The van der Waals surface area contributed by atoms with Crippen LogP contribution >= 0.6 is 0 Å². The summed E-state index contributed by atoms with van der Waals surface area (Å²) in [7, 11) is -1.49. The van der Waals surface area contributed by atoms with Gasteiger partial charge in [-0.3, -0.25) is 4.79 Å². The molecule has 0 N–H and O–H groups in total. The fraction of sp³-hybridized carbons (Fsp3) is 0.533. The van der Waals surface area contributed by atoms with Crippen molar-refractivity contribution in [3.05, 3.63) is 29.3 Å². The minimum atomic E-state index is -1.49. The van der Waals surface area contributed by atoms with Gasteiger partial charge >= 0.3 is 0 Å². The van der Waals surface area contributed by atoms with Crippen molar-refractivity contribution in [1.29, 1.82) is 0 Å². The lowest BCUT2D eigenvalue weighted by atomic mass is 10.1. The second-order valence-electron chi connectivity index (χ2n) is 5.72. The van der Waals surface area contributed by atoms with E-state index in [1.807, 2.05) is 31.7 Å². The summed E-state index contributed by atoms with van der Waals surface area (Å²) in [4.78, 5) is 14.6. The Morgan fingerprint density at radius 3 is 2.17 bits per heavy atom. The second kappa shape index (κ2) is 5.70. The Labute approximate surface area is 112 Å². The maximum atomic E-state index is 12.6. The number of carbonyl (C=O) groups is 1. The molecule has 0 aliphatic carbocycles. The Hall–Kier alpha value is -1.09. The van der Waals surface area contributed by atoms with Crippen molar-refractivity contribution < 1.29 is 4.79 Å². The first-order valence-electron chi connectivity index (χ1n) is 6.72. The van der Waals surface area contributed by atoms with E-state index >= 15 is 0 Å². The molecule has 0 bridgehead atoms. The summed E-state index contributed by atoms with van der Waals surface area (Å²) in [5, 5.41) is 1.28. The van der Waals surface area contributed by atoms with Crippen LogP contribution in [-0.4, -0.2) is 32.0 Å². The van der Waals surface area contributed by atoms with E-state index in [0.717, 1.165) is 24.2 Å². The Morgan fingerprint density at radius 2 is 1.72 bits per heavy atom. The van der Waals surface area contributed by atoms with Crippen LogP contribution in [0.4, 0.5) is 0 Å². The largest absolute Gasteiger partial charge is 0.339 e. The lowest BCUT2D eigenvalue weighted by Crippen LogP contribution is -2.45. The van der Waals surface area contributed by atoms with Crippen LogP contribution in [0, 0.1) is 6.92 Å². The highest BCUT2D eigenvalue weighted by molar-refractivity contribution is 6.89. The van der Waals surface area contributed by atoms with Gasteiger partial charge in [-0.05, 0) is 31.5 Å². The standard InChI is InChI=1S/C15H25NOSi/c1-7-16(8-2)15(17)14-12(3)10-9-11-13(14)18(4,5)6/h9-11H,7-8H2,1-6H3. The summed E-state index contributed by atoms with van der Waals surface area (Å²) in [5.74, 6) is 0.190. The Morgan fingerprint density at radius 1 is 1.17 bits per heavy atom. The number of carbonyl (C=O) groups excluding carboxylic acids is 1. The van der Waals surface area contributed by atoms with Crippen LogP contribution in [0.1, 0.15) is 29.8 Å². The van der Waals surface area contributed by atoms with Crippen LogP contribution in [0.2, 0.25) is 19.6 Å². The number of rotatable bonds is 4. The van der Waals surface area contributed by atoms with Gasteiger partial charge in [0.1, 0.15) is 0 Å². The molecule has 0 aromatic heterocycles. The molecule has 1 amide bonds. The van der Waals surface area contributed by atoms with Crippen molar-refractivity contribution in [3.63, 3.8) is 0 Å². The minimum Gasteiger partial charge on any atom is -0.339 e. The number of hydrogen-bond donors (Lipinski definition) is 0. The van der Waals surface area contributed by atoms with Gasteiger partial charge in [0, 0.05) is 18.7 Å². The smallest absolute Gasteiger partial charge is 0.253 e. The van der Waals surface area contributed by atoms with Crippen LogP contribution in [0.5, 0.6) is 0 Å². The summed E-state index contributed by atoms with van der Waals surface area (Å²) < 4.78 is 0. The predicted molar refractivity (Wildman–Crippen MR) is 81.4 cm³/mol. The molecule has 1 rings (SSSR count). The molecule has 0 fully saturated rings. The van der Waals surface area contributed by atoms with E-state index in [1.165, 1.54) is 5.19 Å². The Kier molecular flexibility index (Phi) is 4.74. The van der Waals surface area contributed by atoms with Crippen molar-refractivity contribution in [2.45, 2.75) is 40.4 Å². The topological polar surface area (TPSA) is 20.3 Å². The Bertz CT molecular complexity index is 431. The van der Waals surface area contributed by atoms with Gasteiger partial charge in [-0.15, -0.1) is 0 Å². The molecule has 0 aliphatic rings. The number of nitrogens with zero attached hydrogens (tertiary/aromatic N) is 1. The monoisotopic (exact) mass is 263 g/mol. The third kappa shape index (κ3) is 3.02. The average molecular weight is 263 g/mol. The molecular weight excluding hydrogens is 238 g/mol. The zero-order chi connectivity index (χ0) is 13.9. The highest BCUT2D eigenvalue weighted by atomic mass is 28.3. The number of aryl methyl sites for hydroxylation is 1. The summed E-state index contributed by atoms with van der Waals surface area (Å²) >= 11 is 0. The molecule has 0 saturated heterocycles. The first kappa shape index (κ1) is 15.0. The van der Waals surface area contributed by atoms with Gasteiger partial charge < -0.3 is 4.90 Å². The first-order chi connectivity index (χ1) is 8.32. The molecule has 0 heterocycles. The molecule has 0 saturated carbocycles. The molecule has 0 unspecified atom stereocenters. The van der Waals surface area contributed by atoms with E-state index in [9.17, 15) is 4.79 Å². The van der Waals surface area contributed by atoms with E-state index in [0.29, 0.717) is 0 Å². The van der Waals surface area contributed by atoms with Crippen molar-refractivity contribution in [2.75, 3.05) is 13.1 Å². The van der Waals surface area contributed by atoms with Gasteiger partial charge in [0.2, 0.25) is 0 Å². The number of amides is 1. The van der Waals surface area contributed by atoms with Crippen LogP contribution in [0.15, 0.2) is 18.2 Å². The van der Waals surface area contributed by atoms with E-state index < -0.39 is 8.07 Å². The highest BCUT2D eigenvalue weighted by Gasteiger charge is 2.26. The van der Waals surface area contributed by atoms with Crippen molar-refractivity contribution >= 4 is 19.2 Å². The van der Waals surface area contributed by atoms with E-state index in [2.05, 4.69) is 31.8 Å². The van der Waals surface area contributed by atoms with Crippen molar-refractivity contribution in [3.8, 4) is 0 Å². The molecule has 3 heteroatoms. The fourth-order valence-corrected chi connectivity index (χ4v) is 3.90. The van der Waals surface area contributed by atoms with Crippen LogP contribution in [-0.2, 0) is 0 Å². The van der Waals surface area contributed by atoms with Gasteiger partial charge in [0.25, 0.3) is 5.91 Å².